The summed E-state index contributed by atoms with van der Waals surface area (Å²) in [7, 11) is 2.14. The molecular weight excluding hydrogens is 814 g/mol. The Labute approximate surface area is 321 Å². The van der Waals surface area contributed by atoms with Crippen molar-refractivity contribution in [1.29, 1.82) is 0 Å². The van der Waals surface area contributed by atoms with Crippen LogP contribution in [0.4, 0.5) is 28.6 Å². The van der Waals surface area contributed by atoms with Gasteiger partial charge in [-0.15, -0.1) is 30.3 Å². The van der Waals surface area contributed by atoms with E-state index in [9.17, 15) is 0 Å². The van der Waals surface area contributed by atoms with E-state index in [0.717, 1.165) is 34.3 Å². The van der Waals surface area contributed by atoms with Crippen LogP contribution in [-0.4, -0.2) is 35.5 Å². The third kappa shape index (κ3) is 6.04. The average Bonchev–Trinajstić information content (AvgIpc) is 3.78. The van der Waals surface area contributed by atoms with Crippen LogP contribution in [0.15, 0.2) is 140 Å². The Kier molecular flexibility index (Phi) is 9.92. The van der Waals surface area contributed by atoms with E-state index in [2.05, 4.69) is 168 Å². The molecule has 0 fully saturated rings. The summed E-state index contributed by atoms with van der Waals surface area (Å²) in [6.45, 7) is 8.83. The zero-order valence-corrected chi connectivity index (χ0v) is 32.3. The minimum Gasteiger partial charge on any atom is -0.436 e. The second-order valence-corrected chi connectivity index (χ2v) is 13.2. The molecule has 52 heavy (non-hydrogen) atoms. The maximum absolute atomic E-state index is 4.79. The first kappa shape index (κ1) is 35.1. The van der Waals surface area contributed by atoms with Gasteiger partial charge in [0.2, 0.25) is 0 Å². The van der Waals surface area contributed by atoms with Crippen LogP contribution < -0.4 is 25.4 Å². The number of hydrogen-bond donors (Lipinski definition) is 0. The molecular formula is C43H38B2IrN6-2. The molecule has 0 atom stereocenters. The summed E-state index contributed by atoms with van der Waals surface area (Å²) in [6.07, 6.45) is 5.80. The Bertz CT molecular complexity index is 2220. The zero-order valence-electron chi connectivity index (χ0n) is 30.0. The van der Waals surface area contributed by atoms with Crippen molar-refractivity contribution < 1.29 is 20.1 Å². The molecule has 2 aliphatic heterocycles. The third-order valence-corrected chi connectivity index (χ3v) is 10.1. The van der Waals surface area contributed by atoms with Gasteiger partial charge in [-0.05, 0) is 69.9 Å². The molecule has 0 saturated carbocycles. The number of fused-ring (bicyclic) bond motifs is 4. The summed E-state index contributed by atoms with van der Waals surface area (Å²) < 4.78 is 2.24. The number of aromatic nitrogens is 3. The molecule has 0 saturated heterocycles. The van der Waals surface area contributed by atoms with Crippen LogP contribution in [0, 0.1) is 39.8 Å². The van der Waals surface area contributed by atoms with Crippen LogP contribution in [0.2, 0.25) is 0 Å². The van der Waals surface area contributed by atoms with Gasteiger partial charge in [0.25, 0.3) is 0 Å². The molecule has 0 N–H and O–H groups in total. The third-order valence-electron chi connectivity index (χ3n) is 10.1. The summed E-state index contributed by atoms with van der Waals surface area (Å²) in [5, 5.41) is 0. The summed E-state index contributed by atoms with van der Waals surface area (Å²) in [4.78, 5) is 16.4. The van der Waals surface area contributed by atoms with Crippen LogP contribution in [0.3, 0.4) is 0 Å². The Morgan fingerprint density at radius 3 is 1.87 bits per heavy atom. The number of hydrogen-bond acceptors (Lipinski definition) is 5. The largest absolute Gasteiger partial charge is 0.436 e. The van der Waals surface area contributed by atoms with Gasteiger partial charge in [-0.25, -0.2) is 4.98 Å². The molecule has 6 nitrogen and oxygen atoms in total. The fraction of sp³-hybridized carbons (Fsp3) is 0.116. The number of imidazole rings is 1. The van der Waals surface area contributed by atoms with Crippen LogP contribution in [0.5, 0.6) is 0 Å². The molecule has 0 amide bonds. The number of para-hydroxylation sites is 2. The van der Waals surface area contributed by atoms with Gasteiger partial charge in [0.1, 0.15) is 5.82 Å². The topological polar surface area (TPSA) is 40.4 Å². The predicted octanol–water partition coefficient (Wildman–Crippen LogP) is 7.84. The summed E-state index contributed by atoms with van der Waals surface area (Å²) in [5.74, 6) is 1.94. The first-order chi connectivity index (χ1) is 24.9. The van der Waals surface area contributed by atoms with E-state index in [4.69, 9.17) is 4.98 Å². The van der Waals surface area contributed by atoms with Gasteiger partial charge in [-0.3, -0.25) is 4.98 Å². The molecule has 2 aromatic heterocycles. The maximum atomic E-state index is 4.79. The standard InChI is InChI=1S/C25H21BN3.C18H17BN3.Ir/c1-19-11-9-12-20(2)24(19)26-28(21-13-5-3-6-14-21)23-17-10-18-27-25(23)29(26)22-15-7-4-8-16-22;1-13-7-6-8-14(2)17(13)19-21(3)16-10-5-4-9-15(16)18-20-11-12-22(18)19;/h3-15,17-18H,1-2H3;4-8,10-12H,1-3H3;/q2*-1;. The molecule has 9 rings (SSSR count). The van der Waals surface area contributed by atoms with Gasteiger partial charge in [0.15, 0.2) is 0 Å². The fourth-order valence-corrected chi connectivity index (χ4v) is 7.76. The zero-order chi connectivity index (χ0) is 35.1. The number of rotatable bonds is 4. The first-order valence-corrected chi connectivity index (χ1v) is 17.4. The Morgan fingerprint density at radius 1 is 0.558 bits per heavy atom. The summed E-state index contributed by atoms with van der Waals surface area (Å²) in [6, 6.07) is 48.7. The first-order valence-electron chi connectivity index (χ1n) is 17.4. The van der Waals surface area contributed by atoms with Crippen LogP contribution in [0.25, 0.3) is 11.4 Å². The van der Waals surface area contributed by atoms with Crippen molar-refractivity contribution >= 4 is 53.5 Å². The van der Waals surface area contributed by atoms with Gasteiger partial charge >= 0.3 is 14.0 Å². The van der Waals surface area contributed by atoms with Gasteiger partial charge in [0.05, 0.1) is 5.69 Å². The SMILES string of the molecule is Cc1cccc(C)c1B1N(C)c2ccc[c-]c2-c2nccn21.Cc1cccc(C)c1B1N(c2ccccc2)c2cccnc2N1c1[c-]cccc1.[Ir]. The summed E-state index contributed by atoms with van der Waals surface area (Å²) in [5.41, 5.74) is 13.3. The van der Waals surface area contributed by atoms with Crippen LogP contribution in [-0.2, 0) is 20.1 Å². The second-order valence-electron chi connectivity index (χ2n) is 13.2. The number of benzene rings is 5. The van der Waals surface area contributed by atoms with Crippen molar-refractivity contribution in [2.45, 2.75) is 27.7 Å². The minimum atomic E-state index is -0.0397. The van der Waals surface area contributed by atoms with Crippen molar-refractivity contribution in [2.75, 3.05) is 21.5 Å². The van der Waals surface area contributed by atoms with Crippen molar-refractivity contribution in [3.05, 3.63) is 174 Å². The molecule has 1 radical (unpaired) electrons. The summed E-state index contributed by atoms with van der Waals surface area (Å²) >= 11 is 0. The van der Waals surface area contributed by atoms with Crippen LogP contribution >= 0.6 is 0 Å². The van der Waals surface area contributed by atoms with Gasteiger partial charge < -0.3 is 18.9 Å². The molecule has 0 spiro atoms. The average molecular weight is 853 g/mol. The monoisotopic (exact) mass is 853 g/mol. The molecule has 257 valence electrons. The Balaban J connectivity index is 0.000000164. The molecule has 5 aromatic carbocycles. The Hall–Kier alpha value is -5.36. The maximum Gasteiger partial charge on any atom is 0.420 e. The van der Waals surface area contributed by atoms with E-state index in [0.29, 0.717) is 0 Å². The van der Waals surface area contributed by atoms with E-state index in [-0.39, 0.29) is 34.1 Å². The molecule has 9 heteroatoms. The number of anilines is 5. The second kappa shape index (κ2) is 14.7. The smallest absolute Gasteiger partial charge is 0.420 e. The molecule has 0 unspecified atom stereocenters. The fourth-order valence-electron chi connectivity index (χ4n) is 7.76. The molecule has 4 heterocycles. The van der Waals surface area contributed by atoms with E-state index in [1.807, 2.05) is 42.7 Å². The molecule has 0 aliphatic carbocycles. The normalized spacial score (nSPS) is 12.8. The van der Waals surface area contributed by atoms with Crippen molar-refractivity contribution in [1.82, 2.24) is 14.4 Å². The van der Waals surface area contributed by atoms with Gasteiger partial charge in [-0.2, -0.15) is 24.3 Å². The van der Waals surface area contributed by atoms with Crippen LogP contribution in [0.1, 0.15) is 22.3 Å². The predicted molar refractivity (Wildman–Crippen MR) is 213 cm³/mol. The van der Waals surface area contributed by atoms with Gasteiger partial charge in [-0.1, -0.05) is 93.8 Å². The van der Waals surface area contributed by atoms with E-state index in [1.54, 1.807) is 0 Å². The van der Waals surface area contributed by atoms with Crippen molar-refractivity contribution in [2.24, 2.45) is 0 Å². The molecule has 0 bridgehead atoms. The number of aryl methyl sites for hydroxylation is 4. The van der Waals surface area contributed by atoms with Crippen molar-refractivity contribution in [3.63, 3.8) is 0 Å². The number of nitrogens with zero attached hydrogens (tertiary/aromatic N) is 6. The molecule has 7 aromatic rings. The van der Waals surface area contributed by atoms with Gasteiger partial charge in [0, 0.05) is 50.2 Å². The quantitative estimate of drug-likeness (QED) is 0.134. The number of pyridine rings is 1. The van der Waals surface area contributed by atoms with E-state index >= 15 is 0 Å². The molecule has 2 aliphatic rings. The van der Waals surface area contributed by atoms with Crippen molar-refractivity contribution in [3.8, 4) is 11.4 Å². The Morgan fingerprint density at radius 2 is 1.19 bits per heavy atom. The minimum absolute atomic E-state index is 0. The van der Waals surface area contributed by atoms with E-state index in [1.165, 1.54) is 38.9 Å². The van der Waals surface area contributed by atoms with E-state index < -0.39 is 0 Å².